The topological polar surface area (TPSA) is 49.4 Å². The molecule has 1 fully saturated rings. The number of anilines is 1. The molecule has 0 radical (unpaired) electrons. The monoisotopic (exact) mass is 268 g/mol. The fraction of sp³-hybridized carbons (Fsp3) is 0.385. The van der Waals surface area contributed by atoms with Crippen LogP contribution in [0.3, 0.4) is 0 Å². The van der Waals surface area contributed by atoms with E-state index in [1.54, 1.807) is 0 Å². The Kier molecular flexibility index (Phi) is 3.78. The third kappa shape index (κ3) is 2.57. The summed E-state index contributed by atoms with van der Waals surface area (Å²) in [6.07, 6.45) is 1.39. The number of carbonyl (C=O) groups excluding carboxylic acids is 2. The van der Waals surface area contributed by atoms with Crippen LogP contribution in [-0.2, 0) is 4.79 Å². The highest BCUT2D eigenvalue weighted by molar-refractivity contribution is 6.16. The molecule has 1 saturated heterocycles. The Balaban J connectivity index is 2.34. The lowest BCUT2D eigenvalue weighted by Crippen LogP contribution is -2.55. The molecule has 0 aliphatic carbocycles. The second kappa shape index (κ2) is 5.34. The van der Waals surface area contributed by atoms with Crippen LogP contribution in [0.25, 0.3) is 0 Å². The van der Waals surface area contributed by atoms with E-state index in [1.807, 2.05) is 6.92 Å². The third-order valence-corrected chi connectivity index (χ3v) is 3.06. The molecule has 19 heavy (non-hydrogen) atoms. The van der Waals surface area contributed by atoms with Crippen LogP contribution >= 0.6 is 0 Å². The summed E-state index contributed by atoms with van der Waals surface area (Å²) in [4.78, 5) is 24.6. The van der Waals surface area contributed by atoms with Gasteiger partial charge < -0.3 is 5.32 Å². The summed E-state index contributed by atoms with van der Waals surface area (Å²) in [5.41, 5.74) is -0.218. The second-order valence-corrected chi connectivity index (χ2v) is 4.44. The zero-order valence-corrected chi connectivity index (χ0v) is 10.5. The lowest BCUT2D eigenvalue weighted by Gasteiger charge is -2.31. The van der Waals surface area contributed by atoms with Crippen LogP contribution in [0.4, 0.5) is 19.3 Å². The number of amides is 3. The van der Waals surface area contributed by atoms with Crippen molar-refractivity contribution < 1.29 is 18.4 Å². The average molecular weight is 268 g/mol. The minimum atomic E-state index is -0.930. The van der Waals surface area contributed by atoms with Crippen molar-refractivity contribution in [2.45, 2.75) is 19.8 Å². The van der Waals surface area contributed by atoms with E-state index in [9.17, 15) is 18.4 Å². The van der Waals surface area contributed by atoms with Gasteiger partial charge in [0.2, 0.25) is 5.91 Å². The van der Waals surface area contributed by atoms with E-state index in [4.69, 9.17) is 0 Å². The van der Waals surface area contributed by atoms with Gasteiger partial charge in [-0.15, -0.1) is 0 Å². The molecule has 1 atom stereocenters. The van der Waals surface area contributed by atoms with Crippen molar-refractivity contribution in [2.24, 2.45) is 5.92 Å². The predicted molar refractivity (Wildman–Crippen MR) is 65.6 cm³/mol. The van der Waals surface area contributed by atoms with Crippen LogP contribution in [0.2, 0.25) is 0 Å². The first-order valence-electron chi connectivity index (χ1n) is 6.11. The van der Waals surface area contributed by atoms with Crippen molar-refractivity contribution in [1.82, 2.24) is 5.32 Å². The van der Waals surface area contributed by atoms with Crippen LogP contribution in [0, 0.1) is 17.6 Å². The molecule has 4 nitrogen and oxygen atoms in total. The second-order valence-electron chi connectivity index (χ2n) is 4.44. The molecular weight excluding hydrogens is 254 g/mol. The van der Waals surface area contributed by atoms with Crippen molar-refractivity contribution in [3.8, 4) is 0 Å². The number of urea groups is 1. The van der Waals surface area contributed by atoms with Crippen molar-refractivity contribution in [3.05, 3.63) is 29.8 Å². The summed E-state index contributed by atoms with van der Waals surface area (Å²) in [5, 5.41) is 2.54. The Hall–Kier alpha value is -1.98. The van der Waals surface area contributed by atoms with Gasteiger partial charge in [-0.3, -0.25) is 4.79 Å². The molecule has 1 aromatic rings. The number of hydrogen-bond acceptors (Lipinski definition) is 2. The number of halogens is 2. The normalized spacial score (nSPS) is 19.5. The number of hydrogen-bond donors (Lipinski definition) is 1. The number of benzene rings is 1. The van der Waals surface area contributed by atoms with Gasteiger partial charge in [-0.2, -0.15) is 0 Å². The van der Waals surface area contributed by atoms with Crippen LogP contribution in [0.5, 0.6) is 0 Å². The summed E-state index contributed by atoms with van der Waals surface area (Å²) < 4.78 is 26.5. The van der Waals surface area contributed by atoms with Gasteiger partial charge in [0.25, 0.3) is 0 Å². The Morgan fingerprint density at radius 3 is 2.74 bits per heavy atom. The first-order valence-corrected chi connectivity index (χ1v) is 6.11. The van der Waals surface area contributed by atoms with Gasteiger partial charge in [-0.05, 0) is 18.6 Å². The SMILES string of the molecule is CCCC1CNC(=O)N(c2ccc(F)cc2F)C1=O. The number of nitrogens with zero attached hydrogens (tertiary/aromatic N) is 1. The maximum atomic E-state index is 13.7. The molecular formula is C13H14F2N2O2. The molecule has 1 aromatic carbocycles. The third-order valence-electron chi connectivity index (χ3n) is 3.06. The van der Waals surface area contributed by atoms with Crippen molar-refractivity contribution >= 4 is 17.6 Å². The molecule has 1 aliphatic rings. The van der Waals surface area contributed by atoms with Gasteiger partial charge in [0.05, 0.1) is 11.6 Å². The van der Waals surface area contributed by atoms with E-state index in [0.717, 1.165) is 23.5 Å². The maximum absolute atomic E-state index is 13.7. The van der Waals surface area contributed by atoms with Crippen LogP contribution in [0.1, 0.15) is 19.8 Å². The first kappa shape index (κ1) is 13.5. The van der Waals surface area contributed by atoms with E-state index < -0.39 is 23.6 Å². The number of rotatable bonds is 3. The van der Waals surface area contributed by atoms with E-state index >= 15 is 0 Å². The minimum Gasteiger partial charge on any atom is -0.337 e. The summed E-state index contributed by atoms with van der Waals surface area (Å²) in [7, 11) is 0. The molecule has 6 heteroatoms. The van der Waals surface area contributed by atoms with E-state index in [2.05, 4.69) is 5.32 Å². The van der Waals surface area contributed by atoms with Gasteiger partial charge in [-0.1, -0.05) is 13.3 Å². The van der Waals surface area contributed by atoms with Gasteiger partial charge in [0.15, 0.2) is 0 Å². The Morgan fingerprint density at radius 2 is 2.11 bits per heavy atom. The molecule has 1 unspecified atom stereocenters. The highest BCUT2D eigenvalue weighted by Crippen LogP contribution is 2.25. The molecule has 0 saturated carbocycles. The molecule has 1 N–H and O–H groups in total. The molecule has 1 heterocycles. The zero-order chi connectivity index (χ0) is 14.0. The largest absolute Gasteiger partial charge is 0.337 e. The molecule has 2 rings (SSSR count). The summed E-state index contributed by atoms with van der Waals surface area (Å²) >= 11 is 0. The zero-order valence-electron chi connectivity index (χ0n) is 10.5. The van der Waals surface area contributed by atoms with Gasteiger partial charge in [0.1, 0.15) is 11.6 Å². The lowest BCUT2D eigenvalue weighted by molar-refractivity contribution is -0.122. The smallest absolute Gasteiger partial charge is 0.328 e. The maximum Gasteiger partial charge on any atom is 0.328 e. The summed E-state index contributed by atoms with van der Waals surface area (Å²) in [6.45, 7) is 2.18. The fourth-order valence-electron chi connectivity index (χ4n) is 2.12. The highest BCUT2D eigenvalue weighted by atomic mass is 19.1. The van der Waals surface area contributed by atoms with Crippen LogP contribution in [0.15, 0.2) is 18.2 Å². The first-order chi connectivity index (χ1) is 9.04. The minimum absolute atomic E-state index is 0.218. The number of imide groups is 1. The molecule has 3 amide bonds. The van der Waals surface area contributed by atoms with Gasteiger partial charge in [-0.25, -0.2) is 18.5 Å². The number of nitrogens with one attached hydrogen (secondary N) is 1. The summed E-state index contributed by atoms with van der Waals surface area (Å²) in [6, 6.07) is 2.08. The Labute approximate surface area is 109 Å². The molecule has 0 spiro atoms. The van der Waals surface area contributed by atoms with Crippen LogP contribution < -0.4 is 10.2 Å². The molecule has 1 aliphatic heterocycles. The van der Waals surface area contributed by atoms with Gasteiger partial charge in [0, 0.05) is 12.6 Å². The Bertz CT molecular complexity index is 519. The van der Waals surface area contributed by atoms with E-state index in [0.29, 0.717) is 12.5 Å². The standard InChI is InChI=1S/C13H14F2N2O2/c1-2-3-8-7-16-13(19)17(12(8)18)11-5-4-9(14)6-10(11)15/h4-6,8H,2-3,7H2,1H3,(H,16,19). The quantitative estimate of drug-likeness (QED) is 0.915. The van der Waals surface area contributed by atoms with E-state index in [1.165, 1.54) is 0 Å². The van der Waals surface area contributed by atoms with Crippen molar-refractivity contribution in [2.75, 3.05) is 11.4 Å². The lowest BCUT2D eigenvalue weighted by atomic mass is 10.00. The molecule has 0 aromatic heterocycles. The average Bonchev–Trinajstić information content (AvgIpc) is 2.35. The highest BCUT2D eigenvalue weighted by Gasteiger charge is 2.35. The van der Waals surface area contributed by atoms with E-state index in [-0.39, 0.29) is 18.2 Å². The summed E-state index contributed by atoms with van der Waals surface area (Å²) in [5.74, 6) is -2.50. The Morgan fingerprint density at radius 1 is 1.37 bits per heavy atom. The predicted octanol–water partition coefficient (Wildman–Crippen LogP) is 2.44. The molecule has 0 bridgehead atoms. The molecule has 102 valence electrons. The van der Waals surface area contributed by atoms with Gasteiger partial charge >= 0.3 is 6.03 Å². The van der Waals surface area contributed by atoms with Crippen molar-refractivity contribution in [1.29, 1.82) is 0 Å². The van der Waals surface area contributed by atoms with Crippen molar-refractivity contribution in [3.63, 3.8) is 0 Å². The van der Waals surface area contributed by atoms with Crippen LogP contribution in [-0.4, -0.2) is 18.5 Å². The fourth-order valence-corrected chi connectivity index (χ4v) is 2.12. The number of carbonyl (C=O) groups is 2.